The molecule has 0 aliphatic heterocycles. The van der Waals surface area contributed by atoms with Crippen LogP contribution in [-0.4, -0.2) is 8.80 Å². The SMILES string of the molecule is N#Cc1cc2c(c3c1C1c4ccccc4C3c3ccccc31)c1c3ccc4c5c(ccc(c35)c3c5c6c(c(C#N)cc5n2c13)C1c2ccccc2C6c2ccccc21)c1c2c3c(c(C#N)cc2n2c5cc(C#N)c6c(c5c4c12)C1c2ccccc2C6c2ccccc21)C1c2ccccc2C3c2ccccc21. The monoisotopic (exact) mass is 1330 g/mol. The first-order chi connectivity index (χ1) is 52.6. The van der Waals surface area contributed by atoms with Crippen molar-refractivity contribution in [3.8, 4) is 24.3 Å². The highest BCUT2D eigenvalue weighted by Gasteiger charge is 2.51. The van der Waals surface area contributed by atoms with Crippen molar-refractivity contribution < 1.29 is 0 Å². The number of nitriles is 4. The van der Waals surface area contributed by atoms with Crippen LogP contribution in [0.15, 0.2) is 243 Å². The molecule has 0 unspecified atom stereocenters. The largest absolute Gasteiger partial charge is 0.308 e. The van der Waals surface area contributed by atoms with Gasteiger partial charge in [0.1, 0.15) is 0 Å². The van der Waals surface area contributed by atoms with Gasteiger partial charge in [-0.25, -0.2) is 0 Å². The van der Waals surface area contributed by atoms with Gasteiger partial charge in [0.05, 0.1) is 79.6 Å². The van der Waals surface area contributed by atoms with Crippen molar-refractivity contribution in [3.63, 3.8) is 0 Å². The number of hydrogen-bond acceptors (Lipinski definition) is 4. The molecule has 8 bridgehead atoms. The maximum Gasteiger partial charge on any atom is 0.0995 e. The molecular weight excluding hydrogens is 1290 g/mol. The van der Waals surface area contributed by atoms with E-state index in [2.05, 4.69) is 276 Å². The number of hydrogen-bond donors (Lipinski definition) is 0. The Morgan fingerprint density at radius 3 is 0.509 bits per heavy atom. The van der Waals surface area contributed by atoms with Crippen molar-refractivity contribution in [2.75, 3.05) is 0 Å². The molecule has 478 valence electrons. The van der Waals surface area contributed by atoms with Crippen LogP contribution < -0.4 is 0 Å². The number of nitrogens with zero attached hydrogens (tertiary/aromatic N) is 6. The van der Waals surface area contributed by atoms with Crippen LogP contribution >= 0.6 is 0 Å². The summed E-state index contributed by atoms with van der Waals surface area (Å²) < 4.78 is 5.03. The van der Waals surface area contributed by atoms with Crippen molar-refractivity contribution in [1.82, 2.24) is 8.80 Å². The molecule has 0 spiro atoms. The number of rotatable bonds is 0. The molecule has 6 nitrogen and oxygen atoms in total. The average molecular weight is 1330 g/mol. The summed E-state index contributed by atoms with van der Waals surface area (Å²) in [6.07, 6.45) is 0. The molecule has 0 N–H and O–H groups in total. The van der Waals surface area contributed by atoms with Gasteiger partial charge in [-0.2, -0.15) is 21.0 Å². The molecule has 4 aromatic heterocycles. The quantitative estimate of drug-likeness (QED) is 0.141. The van der Waals surface area contributed by atoms with E-state index in [4.69, 9.17) is 0 Å². The van der Waals surface area contributed by atoms with E-state index in [-0.39, 0.29) is 47.3 Å². The Kier molecular flexibility index (Phi) is 9.03. The van der Waals surface area contributed by atoms with E-state index in [1.807, 2.05) is 0 Å². The number of benzene rings is 16. The van der Waals surface area contributed by atoms with Crippen LogP contribution in [0.1, 0.15) is 203 Å². The molecular formula is C100H48N6. The minimum absolute atomic E-state index is 0.162. The van der Waals surface area contributed by atoms with Crippen LogP contribution in [0.3, 0.4) is 0 Å². The first kappa shape index (κ1) is 53.9. The van der Waals surface area contributed by atoms with Crippen LogP contribution in [0.4, 0.5) is 0 Å². The first-order valence-electron chi connectivity index (χ1n) is 37.2. The van der Waals surface area contributed by atoms with E-state index in [1.54, 1.807) is 0 Å². The van der Waals surface area contributed by atoms with Gasteiger partial charge < -0.3 is 8.80 Å². The molecule has 0 amide bonds. The van der Waals surface area contributed by atoms with Gasteiger partial charge in [0.25, 0.3) is 0 Å². The van der Waals surface area contributed by atoms with E-state index in [0.29, 0.717) is 22.3 Å². The zero-order chi connectivity index (χ0) is 68.6. The Bertz CT molecular complexity index is 6900. The Labute approximate surface area is 604 Å². The van der Waals surface area contributed by atoms with Gasteiger partial charge in [-0.15, -0.1) is 0 Å². The zero-order valence-electron chi connectivity index (χ0n) is 56.4. The second-order valence-corrected chi connectivity index (χ2v) is 31.5. The maximum absolute atomic E-state index is 12.0. The lowest BCUT2D eigenvalue weighted by Gasteiger charge is -2.43. The molecule has 16 aromatic carbocycles. The molecule has 12 aliphatic carbocycles. The Hall–Kier alpha value is -13.9. The summed E-state index contributed by atoms with van der Waals surface area (Å²) in [5, 5.41) is 64.3. The summed E-state index contributed by atoms with van der Waals surface area (Å²) in [6.45, 7) is 0. The second kappa shape index (κ2) is 17.8. The summed E-state index contributed by atoms with van der Waals surface area (Å²) in [5.41, 5.74) is 38.4. The molecule has 12 aliphatic rings. The molecule has 0 fully saturated rings. The number of aromatic nitrogens is 2. The second-order valence-electron chi connectivity index (χ2n) is 31.5. The summed E-state index contributed by atoms with van der Waals surface area (Å²) in [4.78, 5) is 0. The van der Waals surface area contributed by atoms with E-state index < -0.39 is 0 Å². The van der Waals surface area contributed by atoms with Gasteiger partial charge in [0.2, 0.25) is 0 Å². The lowest BCUT2D eigenvalue weighted by atomic mass is 9.59. The topological polar surface area (TPSA) is 104 Å². The number of fused-ring (bicyclic) bond motifs is 16. The first-order valence-corrected chi connectivity index (χ1v) is 37.2. The van der Waals surface area contributed by atoms with Crippen LogP contribution in [0.5, 0.6) is 0 Å². The Morgan fingerprint density at radius 1 is 0.189 bits per heavy atom. The van der Waals surface area contributed by atoms with E-state index >= 15 is 0 Å². The fourth-order valence-electron chi connectivity index (χ4n) is 24.8. The molecule has 0 saturated heterocycles. The highest BCUT2D eigenvalue weighted by atomic mass is 14.9. The van der Waals surface area contributed by atoms with E-state index in [1.165, 1.54) is 144 Å². The van der Waals surface area contributed by atoms with Gasteiger partial charge in [-0.1, -0.05) is 218 Å². The zero-order valence-corrected chi connectivity index (χ0v) is 56.4. The molecule has 0 atom stereocenters. The van der Waals surface area contributed by atoms with Crippen LogP contribution in [0.25, 0.3) is 109 Å². The average Bonchev–Trinajstić information content (AvgIpc) is 1.46. The molecule has 0 radical (unpaired) electrons. The third-order valence-corrected chi connectivity index (χ3v) is 27.9. The van der Waals surface area contributed by atoms with Crippen molar-refractivity contribution in [3.05, 3.63) is 398 Å². The fraction of sp³-hybridized carbons (Fsp3) is 0.0800. The smallest absolute Gasteiger partial charge is 0.0995 e. The highest BCUT2D eigenvalue weighted by Crippen LogP contribution is 2.68. The summed E-state index contributed by atoms with van der Waals surface area (Å²) >= 11 is 0. The van der Waals surface area contributed by atoms with Gasteiger partial charge in [-0.05, 0) is 190 Å². The molecule has 106 heavy (non-hydrogen) atoms. The van der Waals surface area contributed by atoms with Gasteiger partial charge in [0.15, 0.2) is 0 Å². The predicted molar refractivity (Wildman–Crippen MR) is 417 cm³/mol. The summed E-state index contributed by atoms with van der Waals surface area (Å²) in [7, 11) is 0. The van der Waals surface area contributed by atoms with Crippen molar-refractivity contribution >= 4 is 109 Å². The van der Waals surface area contributed by atoms with Crippen molar-refractivity contribution in [1.29, 1.82) is 21.0 Å². The van der Waals surface area contributed by atoms with Crippen molar-refractivity contribution in [2.24, 2.45) is 0 Å². The molecule has 32 rings (SSSR count). The molecule has 20 aromatic rings. The lowest BCUT2D eigenvalue weighted by Crippen LogP contribution is -2.28. The van der Waals surface area contributed by atoms with E-state index in [0.717, 1.165) is 98.4 Å². The lowest BCUT2D eigenvalue weighted by molar-refractivity contribution is 0.758. The van der Waals surface area contributed by atoms with E-state index in [9.17, 15) is 21.0 Å². The maximum atomic E-state index is 12.0. The minimum Gasteiger partial charge on any atom is -0.308 e. The minimum atomic E-state index is -0.168. The van der Waals surface area contributed by atoms with Gasteiger partial charge in [-0.3, -0.25) is 0 Å². The van der Waals surface area contributed by atoms with Gasteiger partial charge >= 0.3 is 0 Å². The molecule has 0 saturated carbocycles. The normalized spacial score (nSPS) is 19.8. The summed E-state index contributed by atoms with van der Waals surface area (Å²) in [6, 6.07) is 102. The standard InChI is InChI=1S/C100H48N6/c101-41-45-37-69-91(95-73(45)77-49-17-1-9-25-57(49)81(95)58-26-10-2-18-50(58)77)87-65-33-34-67-86-68(36-35-66(85(65)86)88-92-70(105(69)99(87)88)38-46(42-102)74-78-51-19-3-11-27-59(51)82(96(74)92)60-28-12-4-20-52(60)78)90-94-72(40-48(44-104)76-80-55-23-7-15-31-63(55)84(98(76)94)64-32-16-8-24-56(64)80)106-71-39-47(43-103)75-79-53-21-5-13-29-61(53)83(62-30-14-6-22-54(62)79)97(75)93(71)89(67)100(90)106/h1-40,77-84H. The molecule has 6 heteroatoms. The summed E-state index contributed by atoms with van der Waals surface area (Å²) in [5.74, 6) is -1.32. The van der Waals surface area contributed by atoms with Crippen LogP contribution in [0.2, 0.25) is 0 Å². The van der Waals surface area contributed by atoms with Crippen LogP contribution in [-0.2, 0) is 0 Å². The van der Waals surface area contributed by atoms with Crippen LogP contribution in [0, 0.1) is 45.3 Å². The third-order valence-electron chi connectivity index (χ3n) is 27.9. The third kappa shape index (κ3) is 5.52. The highest BCUT2D eigenvalue weighted by molar-refractivity contribution is 6.49. The van der Waals surface area contributed by atoms with Crippen molar-refractivity contribution in [2.45, 2.75) is 47.3 Å². The molecule has 4 heterocycles. The Morgan fingerprint density at radius 2 is 0.349 bits per heavy atom. The predicted octanol–water partition coefficient (Wildman–Crippen LogP) is 22.3. The fourth-order valence-corrected chi connectivity index (χ4v) is 24.8. The Balaban J connectivity index is 0.892. The van der Waals surface area contributed by atoms with Gasteiger partial charge in [0, 0.05) is 90.4 Å².